The molecule has 0 aliphatic carbocycles. The molecule has 1 N–H and O–H groups in total. The number of benzene rings is 1. The first kappa shape index (κ1) is 9.85. The van der Waals surface area contributed by atoms with E-state index in [1.807, 2.05) is 6.20 Å². The third-order valence-corrected chi connectivity index (χ3v) is 3.56. The van der Waals surface area contributed by atoms with Crippen LogP contribution in [-0.2, 0) is 0 Å². The Bertz CT molecular complexity index is 489. The van der Waals surface area contributed by atoms with Crippen molar-refractivity contribution in [3.05, 3.63) is 30.5 Å². The minimum absolute atomic E-state index is 0.543. The maximum atomic E-state index is 4.56. The third kappa shape index (κ3) is 1.52. The second-order valence-electron chi connectivity index (χ2n) is 4.69. The lowest BCUT2D eigenvalue weighted by molar-refractivity contribution is 0.261. The summed E-state index contributed by atoms with van der Waals surface area (Å²) in [5.74, 6) is 0.650. The van der Waals surface area contributed by atoms with Crippen molar-refractivity contribution >= 4 is 10.9 Å². The number of nitrogens with one attached hydrogen (secondary N) is 1. The van der Waals surface area contributed by atoms with Crippen molar-refractivity contribution in [1.82, 2.24) is 15.1 Å². The van der Waals surface area contributed by atoms with Crippen LogP contribution in [0.25, 0.3) is 10.9 Å². The standard InChI is InChI=1S/C13H17N3/c1-10-8-14-7-6-12(10)16-13-5-3-2-4-11(13)9-15-16/h2-5,9-10,12,14H,6-8H2,1H3. The predicted molar refractivity (Wildman–Crippen MR) is 65.4 cm³/mol. The molecule has 2 aromatic rings. The number of rotatable bonds is 1. The van der Waals surface area contributed by atoms with Gasteiger partial charge in [0.1, 0.15) is 0 Å². The van der Waals surface area contributed by atoms with Crippen LogP contribution in [-0.4, -0.2) is 22.9 Å². The van der Waals surface area contributed by atoms with Crippen LogP contribution in [0.2, 0.25) is 0 Å². The zero-order valence-electron chi connectivity index (χ0n) is 9.56. The molecule has 0 saturated carbocycles. The van der Waals surface area contributed by atoms with Gasteiger partial charge in [0.15, 0.2) is 0 Å². The summed E-state index contributed by atoms with van der Waals surface area (Å²) in [5.41, 5.74) is 1.27. The van der Waals surface area contributed by atoms with Crippen molar-refractivity contribution in [1.29, 1.82) is 0 Å². The molecule has 0 bridgehead atoms. The molecule has 1 aliphatic heterocycles. The van der Waals surface area contributed by atoms with E-state index in [1.54, 1.807) is 0 Å². The molecule has 1 saturated heterocycles. The van der Waals surface area contributed by atoms with Gasteiger partial charge in [-0.3, -0.25) is 4.68 Å². The molecular formula is C13H17N3. The van der Waals surface area contributed by atoms with E-state index in [1.165, 1.54) is 17.3 Å². The quantitative estimate of drug-likeness (QED) is 0.790. The Morgan fingerprint density at radius 2 is 2.25 bits per heavy atom. The highest BCUT2D eigenvalue weighted by molar-refractivity contribution is 5.78. The van der Waals surface area contributed by atoms with E-state index >= 15 is 0 Å². The summed E-state index contributed by atoms with van der Waals surface area (Å²) < 4.78 is 2.21. The van der Waals surface area contributed by atoms with E-state index < -0.39 is 0 Å². The summed E-state index contributed by atoms with van der Waals surface area (Å²) in [5, 5.41) is 9.24. The zero-order valence-corrected chi connectivity index (χ0v) is 9.56. The van der Waals surface area contributed by atoms with Crippen molar-refractivity contribution in [3.8, 4) is 0 Å². The molecule has 2 heterocycles. The van der Waals surface area contributed by atoms with Crippen LogP contribution in [0, 0.1) is 5.92 Å². The Morgan fingerprint density at radius 1 is 1.38 bits per heavy atom. The van der Waals surface area contributed by atoms with Crippen LogP contribution in [0.1, 0.15) is 19.4 Å². The Morgan fingerprint density at radius 3 is 3.12 bits per heavy atom. The van der Waals surface area contributed by atoms with Gasteiger partial charge in [0.2, 0.25) is 0 Å². The predicted octanol–water partition coefficient (Wildman–Crippen LogP) is 2.21. The summed E-state index contributed by atoms with van der Waals surface area (Å²) in [6, 6.07) is 9.00. The van der Waals surface area contributed by atoms with Crippen LogP contribution in [0.3, 0.4) is 0 Å². The maximum Gasteiger partial charge on any atom is 0.0685 e. The van der Waals surface area contributed by atoms with Crippen LogP contribution >= 0.6 is 0 Å². The van der Waals surface area contributed by atoms with Gasteiger partial charge in [-0.15, -0.1) is 0 Å². The normalized spacial score (nSPS) is 26.1. The van der Waals surface area contributed by atoms with Crippen molar-refractivity contribution in [3.63, 3.8) is 0 Å². The second-order valence-corrected chi connectivity index (χ2v) is 4.69. The van der Waals surface area contributed by atoms with E-state index in [4.69, 9.17) is 0 Å². The molecule has 3 heteroatoms. The summed E-state index contributed by atoms with van der Waals surface area (Å²) in [6.45, 7) is 4.50. The molecule has 2 atom stereocenters. The summed E-state index contributed by atoms with van der Waals surface area (Å²) in [4.78, 5) is 0. The SMILES string of the molecule is CC1CNCCC1n1ncc2ccccc21. The third-order valence-electron chi connectivity index (χ3n) is 3.56. The summed E-state index contributed by atoms with van der Waals surface area (Å²) >= 11 is 0. The van der Waals surface area contributed by atoms with Gasteiger partial charge in [0.05, 0.1) is 17.8 Å². The molecule has 1 aromatic carbocycles. The number of para-hydroxylation sites is 1. The van der Waals surface area contributed by atoms with Crippen molar-refractivity contribution in [2.75, 3.05) is 13.1 Å². The minimum Gasteiger partial charge on any atom is -0.316 e. The fourth-order valence-electron chi connectivity index (χ4n) is 2.62. The number of hydrogen-bond acceptors (Lipinski definition) is 2. The fourth-order valence-corrected chi connectivity index (χ4v) is 2.62. The second kappa shape index (κ2) is 3.91. The molecule has 0 spiro atoms. The van der Waals surface area contributed by atoms with Crippen LogP contribution < -0.4 is 5.32 Å². The number of aromatic nitrogens is 2. The molecule has 0 radical (unpaired) electrons. The topological polar surface area (TPSA) is 29.9 Å². The fraction of sp³-hybridized carbons (Fsp3) is 0.462. The van der Waals surface area contributed by atoms with Gasteiger partial charge in [-0.1, -0.05) is 25.1 Å². The number of fused-ring (bicyclic) bond motifs is 1. The first-order valence-corrected chi connectivity index (χ1v) is 5.99. The van der Waals surface area contributed by atoms with E-state index in [9.17, 15) is 0 Å². The van der Waals surface area contributed by atoms with Crippen molar-refractivity contribution in [2.24, 2.45) is 5.92 Å². The molecular weight excluding hydrogens is 198 g/mol. The monoisotopic (exact) mass is 215 g/mol. The Hall–Kier alpha value is -1.35. The maximum absolute atomic E-state index is 4.56. The van der Waals surface area contributed by atoms with Gasteiger partial charge in [-0.05, 0) is 31.5 Å². The van der Waals surface area contributed by atoms with E-state index in [0.717, 1.165) is 13.1 Å². The number of piperidine rings is 1. The largest absolute Gasteiger partial charge is 0.316 e. The average molecular weight is 215 g/mol. The van der Waals surface area contributed by atoms with Gasteiger partial charge in [-0.2, -0.15) is 5.10 Å². The molecule has 1 aromatic heterocycles. The number of nitrogens with zero attached hydrogens (tertiary/aromatic N) is 2. The first-order valence-electron chi connectivity index (χ1n) is 5.99. The van der Waals surface area contributed by atoms with Gasteiger partial charge < -0.3 is 5.32 Å². The first-order chi connectivity index (χ1) is 7.86. The summed E-state index contributed by atoms with van der Waals surface area (Å²) in [7, 11) is 0. The van der Waals surface area contributed by atoms with Crippen LogP contribution in [0.4, 0.5) is 0 Å². The van der Waals surface area contributed by atoms with Crippen molar-refractivity contribution in [2.45, 2.75) is 19.4 Å². The lowest BCUT2D eigenvalue weighted by atomic mass is 9.95. The molecule has 3 rings (SSSR count). The summed E-state index contributed by atoms with van der Waals surface area (Å²) in [6.07, 6.45) is 3.15. The van der Waals surface area contributed by atoms with Gasteiger partial charge in [0.25, 0.3) is 0 Å². The highest BCUT2D eigenvalue weighted by Gasteiger charge is 2.24. The Labute approximate surface area is 95.5 Å². The highest BCUT2D eigenvalue weighted by Crippen LogP contribution is 2.27. The zero-order chi connectivity index (χ0) is 11.0. The molecule has 2 unspecified atom stereocenters. The highest BCUT2D eigenvalue weighted by atomic mass is 15.3. The van der Waals surface area contributed by atoms with Gasteiger partial charge in [0, 0.05) is 5.39 Å². The molecule has 0 amide bonds. The molecule has 3 nitrogen and oxygen atoms in total. The Kier molecular flexibility index (Phi) is 2.40. The minimum atomic E-state index is 0.543. The van der Waals surface area contributed by atoms with E-state index in [-0.39, 0.29) is 0 Å². The lowest BCUT2D eigenvalue weighted by Crippen LogP contribution is -2.36. The molecule has 16 heavy (non-hydrogen) atoms. The smallest absolute Gasteiger partial charge is 0.0685 e. The lowest BCUT2D eigenvalue weighted by Gasteiger charge is -2.30. The van der Waals surface area contributed by atoms with E-state index in [2.05, 4.69) is 46.3 Å². The van der Waals surface area contributed by atoms with Crippen molar-refractivity contribution < 1.29 is 0 Å². The van der Waals surface area contributed by atoms with Crippen LogP contribution in [0.15, 0.2) is 30.5 Å². The molecule has 84 valence electrons. The average Bonchev–Trinajstić information content (AvgIpc) is 2.74. The van der Waals surface area contributed by atoms with Gasteiger partial charge in [-0.25, -0.2) is 0 Å². The van der Waals surface area contributed by atoms with E-state index in [0.29, 0.717) is 12.0 Å². The van der Waals surface area contributed by atoms with Crippen LogP contribution in [0.5, 0.6) is 0 Å². The molecule has 1 aliphatic rings. The number of hydrogen-bond donors (Lipinski definition) is 1. The van der Waals surface area contributed by atoms with Gasteiger partial charge >= 0.3 is 0 Å². The molecule has 1 fully saturated rings. The Balaban J connectivity index is 2.04.